The predicted molar refractivity (Wildman–Crippen MR) is 71.2 cm³/mol. The monoisotopic (exact) mass is 293 g/mol. The smallest absolute Gasteiger partial charge is 0.387 e. The van der Waals surface area contributed by atoms with Crippen molar-refractivity contribution in [2.75, 3.05) is 7.11 Å². The van der Waals surface area contributed by atoms with Crippen LogP contribution in [0.3, 0.4) is 0 Å². The van der Waals surface area contributed by atoms with Gasteiger partial charge in [-0.3, -0.25) is 0 Å². The highest BCUT2D eigenvalue weighted by Gasteiger charge is 2.18. The Hall–Kier alpha value is -1.07. The van der Waals surface area contributed by atoms with Crippen LogP contribution in [0.15, 0.2) is 12.1 Å². The van der Waals surface area contributed by atoms with Gasteiger partial charge in [0, 0.05) is 28.7 Å². The van der Waals surface area contributed by atoms with E-state index in [4.69, 9.17) is 16.3 Å². The normalized spacial score (nSPS) is 11.8. The van der Waals surface area contributed by atoms with Gasteiger partial charge in [0.1, 0.15) is 0 Å². The Morgan fingerprint density at radius 2 is 1.95 bits per heavy atom. The summed E-state index contributed by atoms with van der Waals surface area (Å²) in [5.74, 6) is 0.206. The lowest BCUT2D eigenvalue weighted by Gasteiger charge is -2.22. The zero-order valence-corrected chi connectivity index (χ0v) is 12.1. The summed E-state index contributed by atoms with van der Waals surface area (Å²) >= 11 is 5.94. The molecule has 1 rings (SSSR count). The molecule has 3 nitrogen and oxygen atoms in total. The molecule has 19 heavy (non-hydrogen) atoms. The van der Waals surface area contributed by atoms with Crippen LogP contribution in [-0.4, -0.2) is 19.3 Å². The standard InChI is InChI=1S/C13H18ClF2NO2/c1-13(2,3)17-7-8-5-9(14)6-10(18-4)11(8)19-12(15)16/h5-6,12,17H,7H2,1-4H3. The van der Waals surface area contributed by atoms with Gasteiger partial charge in [0.25, 0.3) is 0 Å². The van der Waals surface area contributed by atoms with Crippen LogP contribution in [-0.2, 0) is 6.54 Å². The molecule has 0 atom stereocenters. The number of methoxy groups -OCH3 is 1. The fraction of sp³-hybridized carbons (Fsp3) is 0.538. The molecule has 0 unspecified atom stereocenters. The molecule has 0 aliphatic heterocycles. The van der Waals surface area contributed by atoms with E-state index in [2.05, 4.69) is 10.1 Å². The second-order valence-electron chi connectivity index (χ2n) is 5.08. The molecule has 0 fully saturated rings. The van der Waals surface area contributed by atoms with Crippen LogP contribution >= 0.6 is 11.6 Å². The van der Waals surface area contributed by atoms with Crippen molar-refractivity contribution < 1.29 is 18.3 Å². The number of ether oxygens (including phenoxy) is 2. The average molecular weight is 294 g/mol. The highest BCUT2D eigenvalue weighted by Crippen LogP contribution is 2.36. The molecular weight excluding hydrogens is 276 g/mol. The third-order valence-corrected chi connectivity index (χ3v) is 2.55. The summed E-state index contributed by atoms with van der Waals surface area (Å²) in [4.78, 5) is 0. The molecule has 1 N–H and O–H groups in total. The van der Waals surface area contributed by atoms with Gasteiger partial charge in [-0.1, -0.05) is 11.6 Å². The number of nitrogens with one attached hydrogen (secondary N) is 1. The van der Waals surface area contributed by atoms with E-state index >= 15 is 0 Å². The molecule has 0 aliphatic carbocycles. The molecule has 0 radical (unpaired) electrons. The first-order chi connectivity index (χ1) is 8.73. The molecule has 0 aliphatic rings. The van der Waals surface area contributed by atoms with Gasteiger partial charge in [-0.05, 0) is 26.8 Å². The highest BCUT2D eigenvalue weighted by atomic mass is 35.5. The average Bonchev–Trinajstić information content (AvgIpc) is 2.27. The molecule has 6 heteroatoms. The maximum absolute atomic E-state index is 12.5. The first kappa shape index (κ1) is 16.0. The number of hydrogen-bond acceptors (Lipinski definition) is 3. The van der Waals surface area contributed by atoms with Gasteiger partial charge in [-0.2, -0.15) is 8.78 Å². The lowest BCUT2D eigenvalue weighted by Crippen LogP contribution is -2.35. The fourth-order valence-corrected chi connectivity index (χ4v) is 1.72. The highest BCUT2D eigenvalue weighted by molar-refractivity contribution is 6.30. The van der Waals surface area contributed by atoms with E-state index in [-0.39, 0.29) is 17.0 Å². The molecule has 0 saturated heterocycles. The number of hydrogen-bond donors (Lipinski definition) is 1. The zero-order valence-electron chi connectivity index (χ0n) is 11.4. The first-order valence-electron chi connectivity index (χ1n) is 5.79. The Labute approximate surface area is 116 Å². The van der Waals surface area contributed by atoms with Gasteiger partial charge in [0.15, 0.2) is 11.5 Å². The Balaban J connectivity index is 3.08. The van der Waals surface area contributed by atoms with Crippen molar-refractivity contribution >= 4 is 11.6 Å². The molecule has 0 aromatic heterocycles. The van der Waals surface area contributed by atoms with Crippen LogP contribution < -0.4 is 14.8 Å². The summed E-state index contributed by atoms with van der Waals surface area (Å²) in [6, 6.07) is 3.03. The summed E-state index contributed by atoms with van der Waals surface area (Å²) in [5, 5.41) is 3.60. The van der Waals surface area contributed by atoms with Crippen molar-refractivity contribution in [3.8, 4) is 11.5 Å². The van der Waals surface area contributed by atoms with Gasteiger partial charge in [0.05, 0.1) is 7.11 Å². The van der Waals surface area contributed by atoms with E-state index in [0.717, 1.165) is 0 Å². The van der Waals surface area contributed by atoms with Crippen molar-refractivity contribution in [1.29, 1.82) is 0 Å². The van der Waals surface area contributed by atoms with Crippen molar-refractivity contribution in [2.24, 2.45) is 0 Å². The van der Waals surface area contributed by atoms with Gasteiger partial charge < -0.3 is 14.8 Å². The van der Waals surface area contributed by atoms with E-state index in [1.165, 1.54) is 13.2 Å². The van der Waals surface area contributed by atoms with Crippen LogP contribution in [0.4, 0.5) is 8.78 Å². The molecule has 1 aromatic carbocycles. The summed E-state index contributed by atoms with van der Waals surface area (Å²) in [7, 11) is 1.38. The van der Waals surface area contributed by atoms with Crippen LogP contribution in [0.1, 0.15) is 26.3 Å². The fourth-order valence-electron chi connectivity index (χ4n) is 1.49. The van der Waals surface area contributed by atoms with Crippen LogP contribution in [0.2, 0.25) is 5.02 Å². The van der Waals surface area contributed by atoms with E-state index in [9.17, 15) is 8.78 Å². The summed E-state index contributed by atoms with van der Waals surface area (Å²) in [6.07, 6.45) is 0. The Morgan fingerprint density at radius 3 is 2.42 bits per heavy atom. The summed E-state index contributed by atoms with van der Waals surface area (Å²) in [6.45, 7) is 3.36. The second kappa shape index (κ2) is 6.39. The number of halogens is 3. The van der Waals surface area contributed by atoms with Crippen molar-refractivity contribution in [3.63, 3.8) is 0 Å². The quantitative estimate of drug-likeness (QED) is 0.895. The van der Waals surface area contributed by atoms with Crippen molar-refractivity contribution in [2.45, 2.75) is 39.5 Å². The largest absolute Gasteiger partial charge is 0.493 e. The molecule has 0 heterocycles. The topological polar surface area (TPSA) is 30.5 Å². The zero-order chi connectivity index (χ0) is 14.6. The van der Waals surface area contributed by atoms with Gasteiger partial charge in [-0.25, -0.2) is 0 Å². The third kappa shape index (κ3) is 5.20. The maximum Gasteiger partial charge on any atom is 0.387 e. The summed E-state index contributed by atoms with van der Waals surface area (Å²) in [5.41, 5.74) is 0.372. The number of rotatable bonds is 5. The van der Waals surface area contributed by atoms with E-state index in [0.29, 0.717) is 17.1 Å². The SMILES string of the molecule is COc1cc(Cl)cc(CNC(C)(C)C)c1OC(F)F. The van der Waals surface area contributed by atoms with Crippen molar-refractivity contribution in [1.82, 2.24) is 5.32 Å². The van der Waals surface area contributed by atoms with Gasteiger partial charge in [0.2, 0.25) is 0 Å². The first-order valence-corrected chi connectivity index (χ1v) is 6.17. The molecule has 0 amide bonds. The lowest BCUT2D eigenvalue weighted by molar-refractivity contribution is -0.0519. The number of alkyl halides is 2. The Morgan fingerprint density at radius 1 is 1.32 bits per heavy atom. The van der Waals surface area contributed by atoms with Crippen molar-refractivity contribution in [3.05, 3.63) is 22.7 Å². The Kier molecular flexibility index (Phi) is 5.38. The molecule has 108 valence electrons. The predicted octanol–water partition coefficient (Wildman–Crippen LogP) is 3.84. The van der Waals surface area contributed by atoms with Gasteiger partial charge >= 0.3 is 6.61 Å². The molecule has 0 spiro atoms. The number of benzene rings is 1. The summed E-state index contributed by atoms with van der Waals surface area (Å²) < 4.78 is 34.5. The van der Waals surface area contributed by atoms with E-state index in [1.807, 2.05) is 20.8 Å². The van der Waals surface area contributed by atoms with Crippen LogP contribution in [0, 0.1) is 0 Å². The van der Waals surface area contributed by atoms with Crippen LogP contribution in [0.25, 0.3) is 0 Å². The Bertz CT molecular complexity index is 433. The third-order valence-electron chi connectivity index (χ3n) is 2.33. The van der Waals surface area contributed by atoms with Gasteiger partial charge in [-0.15, -0.1) is 0 Å². The minimum atomic E-state index is -2.91. The lowest BCUT2D eigenvalue weighted by atomic mass is 10.1. The molecule has 0 bridgehead atoms. The van der Waals surface area contributed by atoms with E-state index in [1.54, 1.807) is 6.07 Å². The molecule has 1 aromatic rings. The maximum atomic E-state index is 12.5. The van der Waals surface area contributed by atoms with Crippen LogP contribution in [0.5, 0.6) is 11.5 Å². The minimum Gasteiger partial charge on any atom is -0.493 e. The second-order valence-corrected chi connectivity index (χ2v) is 5.51. The molecule has 0 saturated carbocycles. The minimum absolute atomic E-state index is 0.0126. The molecular formula is C13H18ClF2NO2. The van der Waals surface area contributed by atoms with E-state index < -0.39 is 6.61 Å².